The molecule has 0 bridgehead atoms. The van der Waals surface area contributed by atoms with Crippen LogP contribution in [0.5, 0.6) is 0 Å². The maximum atomic E-state index is 13.8. The summed E-state index contributed by atoms with van der Waals surface area (Å²) in [5.41, 5.74) is -0.400. The molecule has 204 valence electrons. The molecular weight excluding hydrogens is 462 g/mol. The predicted molar refractivity (Wildman–Crippen MR) is 137 cm³/mol. The lowest BCUT2D eigenvalue weighted by atomic mass is 9.70. The molecule has 2 rings (SSSR count). The van der Waals surface area contributed by atoms with Gasteiger partial charge < -0.3 is 26.2 Å². The van der Waals surface area contributed by atoms with E-state index in [-0.39, 0.29) is 5.91 Å². The van der Waals surface area contributed by atoms with E-state index in [1.807, 2.05) is 20.8 Å². The van der Waals surface area contributed by atoms with Crippen LogP contribution in [0.2, 0.25) is 0 Å². The van der Waals surface area contributed by atoms with Crippen molar-refractivity contribution in [2.45, 2.75) is 110 Å². The molecule has 10 nitrogen and oxygen atoms in total. The van der Waals surface area contributed by atoms with E-state index >= 15 is 0 Å². The molecule has 5 amide bonds. The lowest BCUT2D eigenvalue weighted by Crippen LogP contribution is -2.61. The zero-order valence-corrected chi connectivity index (χ0v) is 22.4. The molecule has 0 aromatic carbocycles. The van der Waals surface area contributed by atoms with Gasteiger partial charge >= 0.3 is 6.03 Å². The Morgan fingerprint density at radius 2 is 1.67 bits per heavy atom. The number of nitrogens with one attached hydrogen (secondary N) is 4. The van der Waals surface area contributed by atoms with Gasteiger partial charge in [-0.25, -0.2) is 4.79 Å². The summed E-state index contributed by atoms with van der Waals surface area (Å²) in [5, 5.41) is 10.8. The first kappa shape index (κ1) is 29.6. The minimum atomic E-state index is -0.928. The number of rotatable bonds is 12. The SMILES string of the molecule is CCCCC(NC(=O)C1CCCN1C(=O)C(NC(=O)NC)C1(C)CCCCC1)C(=O)C(=O)NCCC. The molecule has 1 aliphatic carbocycles. The van der Waals surface area contributed by atoms with Gasteiger partial charge in [-0.15, -0.1) is 0 Å². The van der Waals surface area contributed by atoms with Crippen LogP contribution in [-0.4, -0.2) is 72.7 Å². The van der Waals surface area contributed by atoms with Crippen LogP contribution in [-0.2, 0) is 19.2 Å². The quantitative estimate of drug-likeness (QED) is 0.300. The van der Waals surface area contributed by atoms with Gasteiger partial charge in [-0.3, -0.25) is 19.2 Å². The third-order valence-corrected chi connectivity index (χ3v) is 7.52. The summed E-state index contributed by atoms with van der Waals surface area (Å²) in [7, 11) is 1.51. The third kappa shape index (κ3) is 7.67. The molecule has 0 aromatic heterocycles. The highest BCUT2D eigenvalue weighted by atomic mass is 16.2. The van der Waals surface area contributed by atoms with Crippen LogP contribution < -0.4 is 21.3 Å². The smallest absolute Gasteiger partial charge is 0.315 e. The number of unbranched alkanes of at least 4 members (excludes halogenated alkanes) is 1. The molecule has 2 fully saturated rings. The normalized spacial score (nSPS) is 20.7. The Hall–Kier alpha value is -2.65. The van der Waals surface area contributed by atoms with Gasteiger partial charge in [0.1, 0.15) is 12.1 Å². The fourth-order valence-corrected chi connectivity index (χ4v) is 5.28. The van der Waals surface area contributed by atoms with E-state index in [2.05, 4.69) is 21.3 Å². The maximum absolute atomic E-state index is 13.8. The van der Waals surface area contributed by atoms with E-state index in [9.17, 15) is 24.0 Å². The summed E-state index contributed by atoms with van der Waals surface area (Å²) >= 11 is 0. The predicted octanol–water partition coefficient (Wildman–Crippen LogP) is 2.02. The second-order valence-electron chi connectivity index (χ2n) is 10.4. The average Bonchev–Trinajstić information content (AvgIpc) is 3.37. The monoisotopic (exact) mass is 507 g/mol. The molecule has 0 aromatic rings. The standard InChI is InChI=1S/C26H45N5O5/c1-5-7-12-18(20(32)23(34)28-16-6-2)29-22(33)19-13-11-17-31(19)24(35)21(30-25(36)27-4)26(3)14-9-8-10-15-26/h18-19,21H,5-17H2,1-4H3,(H,28,34)(H,29,33)(H2,27,30,36). The van der Waals surface area contributed by atoms with Gasteiger partial charge in [-0.1, -0.05) is 52.9 Å². The second-order valence-corrected chi connectivity index (χ2v) is 10.4. The topological polar surface area (TPSA) is 137 Å². The Labute approximate surface area is 215 Å². The van der Waals surface area contributed by atoms with Crippen molar-refractivity contribution in [1.29, 1.82) is 0 Å². The van der Waals surface area contributed by atoms with Crippen molar-refractivity contribution in [3.63, 3.8) is 0 Å². The fraction of sp³-hybridized carbons (Fsp3) is 0.808. The number of nitrogens with zero attached hydrogens (tertiary/aromatic N) is 1. The van der Waals surface area contributed by atoms with Gasteiger partial charge in [0.05, 0.1) is 6.04 Å². The molecule has 0 spiro atoms. The molecular formula is C26H45N5O5. The summed E-state index contributed by atoms with van der Waals surface area (Å²) < 4.78 is 0. The number of ketones is 1. The van der Waals surface area contributed by atoms with Crippen molar-refractivity contribution in [3.05, 3.63) is 0 Å². The number of hydrogen-bond donors (Lipinski definition) is 4. The van der Waals surface area contributed by atoms with E-state index in [0.29, 0.717) is 45.2 Å². The van der Waals surface area contributed by atoms with Gasteiger partial charge in [0.2, 0.25) is 17.6 Å². The van der Waals surface area contributed by atoms with Crippen molar-refractivity contribution in [2.24, 2.45) is 5.41 Å². The molecule has 1 aliphatic heterocycles. The molecule has 1 saturated heterocycles. The van der Waals surface area contributed by atoms with Crippen LogP contribution in [0.3, 0.4) is 0 Å². The number of carbonyl (C=O) groups is 5. The number of amides is 5. The van der Waals surface area contributed by atoms with Crippen molar-refractivity contribution in [3.8, 4) is 0 Å². The first-order valence-corrected chi connectivity index (χ1v) is 13.6. The van der Waals surface area contributed by atoms with E-state index < -0.39 is 47.2 Å². The molecule has 10 heteroatoms. The molecule has 1 heterocycles. The number of carbonyl (C=O) groups excluding carboxylic acids is 5. The number of Topliss-reactive ketones (excluding diaryl/α,β-unsaturated/α-hetero) is 1. The minimum absolute atomic E-state index is 0.266. The maximum Gasteiger partial charge on any atom is 0.315 e. The summed E-state index contributed by atoms with van der Waals surface area (Å²) in [6.07, 6.45) is 8.39. The molecule has 0 radical (unpaired) electrons. The Kier molecular flexibility index (Phi) is 11.7. The van der Waals surface area contributed by atoms with E-state index in [1.54, 1.807) is 4.90 Å². The summed E-state index contributed by atoms with van der Waals surface area (Å²) in [6, 6.07) is -2.84. The van der Waals surface area contributed by atoms with Gasteiger partial charge in [-0.05, 0) is 43.9 Å². The number of urea groups is 1. The van der Waals surface area contributed by atoms with Crippen molar-refractivity contribution in [2.75, 3.05) is 20.1 Å². The lowest BCUT2D eigenvalue weighted by Gasteiger charge is -2.42. The van der Waals surface area contributed by atoms with Crippen LogP contribution in [0.25, 0.3) is 0 Å². The Morgan fingerprint density at radius 3 is 2.28 bits per heavy atom. The third-order valence-electron chi connectivity index (χ3n) is 7.52. The van der Waals surface area contributed by atoms with E-state index in [1.165, 1.54) is 7.05 Å². The molecule has 1 saturated carbocycles. The molecule has 2 aliphatic rings. The molecule has 3 atom stereocenters. The first-order chi connectivity index (χ1) is 17.2. The zero-order chi connectivity index (χ0) is 26.7. The van der Waals surface area contributed by atoms with Crippen LogP contribution in [0.1, 0.15) is 91.4 Å². The lowest BCUT2D eigenvalue weighted by molar-refractivity contribution is -0.144. The largest absolute Gasteiger partial charge is 0.349 e. The summed E-state index contributed by atoms with van der Waals surface area (Å²) in [5.74, 6) is -2.04. The highest BCUT2D eigenvalue weighted by Crippen LogP contribution is 2.40. The molecule has 3 unspecified atom stereocenters. The number of hydrogen-bond acceptors (Lipinski definition) is 5. The van der Waals surface area contributed by atoms with Gasteiger partial charge in [0, 0.05) is 20.1 Å². The Balaban J connectivity index is 2.19. The van der Waals surface area contributed by atoms with Crippen LogP contribution in [0, 0.1) is 5.41 Å². The molecule has 4 N–H and O–H groups in total. The first-order valence-electron chi connectivity index (χ1n) is 13.6. The highest BCUT2D eigenvalue weighted by Gasteiger charge is 2.46. The number of likely N-dealkylation sites (tertiary alicyclic amines) is 1. The Bertz CT molecular complexity index is 796. The van der Waals surface area contributed by atoms with E-state index in [0.717, 1.165) is 38.5 Å². The van der Waals surface area contributed by atoms with Crippen molar-refractivity contribution < 1.29 is 24.0 Å². The second kappa shape index (κ2) is 14.2. The van der Waals surface area contributed by atoms with Crippen LogP contribution in [0.15, 0.2) is 0 Å². The summed E-state index contributed by atoms with van der Waals surface area (Å²) in [4.78, 5) is 66.0. The van der Waals surface area contributed by atoms with Crippen LogP contribution >= 0.6 is 0 Å². The van der Waals surface area contributed by atoms with Crippen LogP contribution in [0.4, 0.5) is 4.79 Å². The van der Waals surface area contributed by atoms with Crippen molar-refractivity contribution in [1.82, 2.24) is 26.2 Å². The zero-order valence-electron chi connectivity index (χ0n) is 22.4. The minimum Gasteiger partial charge on any atom is -0.349 e. The fourth-order valence-electron chi connectivity index (χ4n) is 5.28. The molecule has 36 heavy (non-hydrogen) atoms. The highest BCUT2D eigenvalue weighted by molar-refractivity contribution is 6.38. The van der Waals surface area contributed by atoms with Gasteiger partial charge in [0.15, 0.2) is 0 Å². The van der Waals surface area contributed by atoms with E-state index in [4.69, 9.17) is 0 Å². The van der Waals surface area contributed by atoms with Gasteiger partial charge in [-0.2, -0.15) is 0 Å². The Morgan fingerprint density at radius 1 is 0.972 bits per heavy atom. The van der Waals surface area contributed by atoms with Gasteiger partial charge in [0.25, 0.3) is 5.91 Å². The average molecular weight is 508 g/mol. The summed E-state index contributed by atoms with van der Waals surface area (Å²) in [6.45, 7) is 6.70. The van der Waals surface area contributed by atoms with Crippen molar-refractivity contribution >= 4 is 29.5 Å².